The maximum atomic E-state index is 13.8. The van der Waals surface area contributed by atoms with Crippen LogP contribution in [-0.2, 0) is 9.53 Å². The van der Waals surface area contributed by atoms with E-state index in [0.717, 1.165) is 6.20 Å². The number of urea groups is 1. The first-order valence-electron chi connectivity index (χ1n) is 5.50. The van der Waals surface area contributed by atoms with Crippen molar-refractivity contribution in [2.45, 2.75) is 13.0 Å². The average molecular weight is 265 g/mol. The second kappa shape index (κ2) is 5.05. The summed E-state index contributed by atoms with van der Waals surface area (Å²) in [5.41, 5.74) is 0.647. The van der Waals surface area contributed by atoms with Crippen LogP contribution in [0.4, 0.5) is 9.18 Å². The zero-order valence-corrected chi connectivity index (χ0v) is 10.4. The third-order valence-corrected chi connectivity index (χ3v) is 2.79. The van der Waals surface area contributed by atoms with E-state index in [2.05, 4.69) is 20.4 Å². The predicted octanol–water partition coefficient (Wildman–Crippen LogP) is 1.02. The molecular formula is C12H12FN3O3. The molecule has 0 fully saturated rings. The van der Waals surface area contributed by atoms with Gasteiger partial charge >= 0.3 is 12.0 Å². The molecule has 6 nitrogen and oxygen atoms in total. The summed E-state index contributed by atoms with van der Waals surface area (Å²) in [7, 11) is 1.22. The fourth-order valence-electron chi connectivity index (χ4n) is 1.93. The standard InChI is InChI=1S/C12H12FN3O3/c1-6-9(11(17)19-2)10(16-12(18)15-6)7-3-4-14-5-8(7)13/h3-5,10H,1-2H3,(H2,15,16,18)/t10-/m1/s1. The Hall–Kier alpha value is -2.44. The number of esters is 1. The highest BCUT2D eigenvalue weighted by Gasteiger charge is 2.33. The first-order valence-corrected chi connectivity index (χ1v) is 5.50. The molecule has 0 aromatic carbocycles. The zero-order valence-electron chi connectivity index (χ0n) is 10.4. The predicted molar refractivity (Wildman–Crippen MR) is 63.3 cm³/mol. The van der Waals surface area contributed by atoms with Crippen molar-refractivity contribution in [1.29, 1.82) is 0 Å². The molecule has 0 radical (unpaired) electrons. The van der Waals surface area contributed by atoms with Crippen molar-refractivity contribution in [3.63, 3.8) is 0 Å². The van der Waals surface area contributed by atoms with Crippen LogP contribution in [0, 0.1) is 5.82 Å². The van der Waals surface area contributed by atoms with Crippen molar-refractivity contribution >= 4 is 12.0 Å². The van der Waals surface area contributed by atoms with Crippen LogP contribution >= 0.6 is 0 Å². The number of amides is 2. The Labute approximate surface area is 108 Å². The van der Waals surface area contributed by atoms with Gasteiger partial charge in [0.15, 0.2) is 0 Å². The van der Waals surface area contributed by atoms with Gasteiger partial charge in [-0.1, -0.05) is 0 Å². The molecule has 0 aliphatic carbocycles. The summed E-state index contributed by atoms with van der Waals surface area (Å²) in [6, 6.07) is -0.00230. The lowest BCUT2D eigenvalue weighted by Gasteiger charge is -2.27. The van der Waals surface area contributed by atoms with Gasteiger partial charge < -0.3 is 15.4 Å². The molecule has 2 rings (SSSR count). The number of rotatable bonds is 2. The van der Waals surface area contributed by atoms with E-state index in [1.165, 1.54) is 19.4 Å². The summed E-state index contributed by atoms with van der Waals surface area (Å²) in [5.74, 6) is -1.24. The summed E-state index contributed by atoms with van der Waals surface area (Å²) >= 11 is 0. The number of hydrogen-bond donors (Lipinski definition) is 2. The molecule has 1 atom stereocenters. The minimum Gasteiger partial charge on any atom is -0.466 e. The van der Waals surface area contributed by atoms with E-state index < -0.39 is 23.9 Å². The van der Waals surface area contributed by atoms with Crippen LogP contribution in [0.15, 0.2) is 29.7 Å². The smallest absolute Gasteiger partial charge is 0.337 e. The molecule has 0 saturated carbocycles. The van der Waals surface area contributed by atoms with Gasteiger partial charge in [0.1, 0.15) is 5.82 Å². The normalized spacial score (nSPS) is 18.7. The third kappa shape index (κ3) is 2.40. The summed E-state index contributed by atoms with van der Waals surface area (Å²) in [6.07, 6.45) is 2.41. The second-order valence-electron chi connectivity index (χ2n) is 3.96. The lowest BCUT2D eigenvalue weighted by atomic mass is 9.96. The maximum absolute atomic E-state index is 13.8. The van der Waals surface area contributed by atoms with Gasteiger partial charge in [0.25, 0.3) is 0 Å². The van der Waals surface area contributed by atoms with E-state index in [1.807, 2.05) is 0 Å². The minimum absolute atomic E-state index is 0.157. The molecule has 1 aromatic rings. The number of ether oxygens (including phenoxy) is 1. The van der Waals surface area contributed by atoms with Gasteiger partial charge in [0.05, 0.1) is 24.9 Å². The molecule has 0 saturated heterocycles. The van der Waals surface area contributed by atoms with Crippen molar-refractivity contribution in [2.75, 3.05) is 7.11 Å². The molecule has 1 aromatic heterocycles. The van der Waals surface area contributed by atoms with Crippen LogP contribution in [0.1, 0.15) is 18.5 Å². The quantitative estimate of drug-likeness (QED) is 0.782. The lowest BCUT2D eigenvalue weighted by molar-refractivity contribution is -0.136. The fraction of sp³-hybridized carbons (Fsp3) is 0.250. The highest BCUT2D eigenvalue weighted by molar-refractivity contribution is 5.94. The molecule has 100 valence electrons. The first kappa shape index (κ1) is 13.0. The molecule has 0 spiro atoms. The van der Waals surface area contributed by atoms with Crippen molar-refractivity contribution in [3.8, 4) is 0 Å². The van der Waals surface area contributed by atoms with Gasteiger partial charge in [0.2, 0.25) is 0 Å². The van der Waals surface area contributed by atoms with Gasteiger partial charge in [-0.15, -0.1) is 0 Å². The van der Waals surface area contributed by atoms with E-state index in [-0.39, 0.29) is 11.1 Å². The SMILES string of the molecule is COC(=O)C1=C(C)NC(=O)N[C@@H]1c1ccncc1F. The highest BCUT2D eigenvalue weighted by Crippen LogP contribution is 2.28. The number of aromatic nitrogens is 1. The number of hydrogen-bond acceptors (Lipinski definition) is 4. The molecule has 1 aliphatic heterocycles. The Kier molecular flexibility index (Phi) is 3.46. The number of pyridine rings is 1. The summed E-state index contributed by atoms with van der Waals surface area (Å²) in [4.78, 5) is 26.9. The maximum Gasteiger partial charge on any atom is 0.337 e. The van der Waals surface area contributed by atoms with Gasteiger partial charge in [-0.2, -0.15) is 0 Å². The van der Waals surface area contributed by atoms with Crippen LogP contribution in [0.3, 0.4) is 0 Å². The summed E-state index contributed by atoms with van der Waals surface area (Å²) in [5, 5.41) is 4.95. The molecule has 19 heavy (non-hydrogen) atoms. The molecule has 0 bridgehead atoms. The monoisotopic (exact) mass is 265 g/mol. The van der Waals surface area contributed by atoms with E-state index in [4.69, 9.17) is 0 Å². The molecule has 2 amide bonds. The number of nitrogens with zero attached hydrogens (tertiary/aromatic N) is 1. The van der Waals surface area contributed by atoms with E-state index in [9.17, 15) is 14.0 Å². The van der Waals surface area contributed by atoms with Crippen LogP contribution in [0.25, 0.3) is 0 Å². The average Bonchev–Trinajstić information content (AvgIpc) is 2.37. The fourth-order valence-corrected chi connectivity index (χ4v) is 1.93. The molecule has 7 heteroatoms. The lowest BCUT2D eigenvalue weighted by Crippen LogP contribution is -2.45. The van der Waals surface area contributed by atoms with Crippen molar-refractivity contribution in [3.05, 3.63) is 41.1 Å². The molecule has 2 N–H and O–H groups in total. The zero-order chi connectivity index (χ0) is 14.0. The number of halogens is 1. The minimum atomic E-state index is -0.899. The number of carbonyl (C=O) groups is 2. The van der Waals surface area contributed by atoms with E-state index in [0.29, 0.717) is 5.70 Å². The number of methoxy groups -OCH3 is 1. The van der Waals surface area contributed by atoms with Gasteiger partial charge in [-0.3, -0.25) is 4.98 Å². The van der Waals surface area contributed by atoms with Crippen molar-refractivity contribution in [1.82, 2.24) is 15.6 Å². The van der Waals surface area contributed by atoms with Crippen molar-refractivity contribution < 1.29 is 18.7 Å². The number of allylic oxidation sites excluding steroid dienone is 1. The molecule has 0 unspecified atom stereocenters. The summed E-state index contributed by atoms with van der Waals surface area (Å²) < 4.78 is 18.4. The Morgan fingerprint density at radius 2 is 2.26 bits per heavy atom. The van der Waals surface area contributed by atoms with Gasteiger partial charge in [0, 0.05) is 17.5 Å². The topological polar surface area (TPSA) is 80.3 Å². The van der Waals surface area contributed by atoms with E-state index >= 15 is 0 Å². The van der Waals surface area contributed by atoms with E-state index in [1.54, 1.807) is 6.92 Å². The van der Waals surface area contributed by atoms with Crippen molar-refractivity contribution in [2.24, 2.45) is 0 Å². The molecule has 2 heterocycles. The Morgan fingerprint density at radius 3 is 2.89 bits per heavy atom. The van der Waals surface area contributed by atoms with Crippen LogP contribution in [0.2, 0.25) is 0 Å². The molecular weight excluding hydrogens is 253 g/mol. The Bertz CT molecular complexity index is 571. The van der Waals surface area contributed by atoms with Gasteiger partial charge in [-0.05, 0) is 13.0 Å². The van der Waals surface area contributed by atoms with Crippen LogP contribution in [0.5, 0.6) is 0 Å². The highest BCUT2D eigenvalue weighted by atomic mass is 19.1. The summed E-state index contributed by atoms with van der Waals surface area (Å²) in [6.45, 7) is 1.55. The largest absolute Gasteiger partial charge is 0.466 e. The molecule has 1 aliphatic rings. The number of carbonyl (C=O) groups excluding carboxylic acids is 2. The Morgan fingerprint density at radius 1 is 1.53 bits per heavy atom. The van der Waals surface area contributed by atoms with Crippen LogP contribution in [-0.4, -0.2) is 24.1 Å². The first-order chi connectivity index (χ1) is 9.04. The van der Waals surface area contributed by atoms with Gasteiger partial charge in [-0.25, -0.2) is 14.0 Å². The number of nitrogens with one attached hydrogen (secondary N) is 2. The Balaban J connectivity index is 2.53. The van der Waals surface area contributed by atoms with Crippen LogP contribution < -0.4 is 10.6 Å². The second-order valence-corrected chi connectivity index (χ2v) is 3.96. The third-order valence-electron chi connectivity index (χ3n) is 2.79.